The summed E-state index contributed by atoms with van der Waals surface area (Å²) in [7, 11) is -3.85. The zero-order chi connectivity index (χ0) is 32.3. The van der Waals surface area contributed by atoms with Crippen LogP contribution in [0.2, 0.25) is 10.0 Å². The van der Waals surface area contributed by atoms with E-state index in [9.17, 15) is 30.8 Å². The number of aliphatic carboxylic acids is 1. The molecule has 0 unspecified atom stereocenters. The van der Waals surface area contributed by atoms with E-state index in [-0.39, 0.29) is 42.7 Å². The molecule has 2 aromatic carbocycles. The molecule has 43 heavy (non-hydrogen) atoms. The molecular formula is C27H29Cl2F5N2O6S. The number of halogens is 7. The standard InChI is InChI=1S/C25H28Cl2F2N2O4S.C2HF3O2/c1-15(17-9-18(26)11-19(27)10-17)31-7-5-25(29,6-8-31)14-35-23-13-22(28)21(12-20(23)16-3-4-16)24(32)30-36(2,33)34;3-2(4,5)1(6)7/h9-13,15-16H,3-8,14H2,1-2H3,(H,30,32);(H,6,7)/t15-;/m1./s1. The van der Waals surface area contributed by atoms with Crippen molar-refractivity contribution in [3.8, 4) is 5.75 Å². The lowest BCUT2D eigenvalue weighted by molar-refractivity contribution is -0.192. The van der Waals surface area contributed by atoms with E-state index in [4.69, 9.17) is 37.8 Å². The number of ether oxygens (including phenoxy) is 1. The maximum atomic E-state index is 15.6. The van der Waals surface area contributed by atoms with Crippen LogP contribution in [0.5, 0.6) is 5.75 Å². The number of alkyl halides is 4. The predicted octanol–water partition coefficient (Wildman–Crippen LogP) is 6.28. The summed E-state index contributed by atoms with van der Waals surface area (Å²) in [5, 5.41) is 8.22. The molecule has 2 fully saturated rings. The number of hydrogen-bond acceptors (Lipinski definition) is 6. The van der Waals surface area contributed by atoms with Gasteiger partial charge in [0, 0.05) is 35.2 Å². The van der Waals surface area contributed by atoms with Gasteiger partial charge in [-0.05, 0) is 73.9 Å². The first-order chi connectivity index (χ1) is 19.8. The molecule has 16 heteroatoms. The Labute approximate surface area is 255 Å². The Morgan fingerprint density at radius 3 is 2.12 bits per heavy atom. The normalized spacial score (nSPS) is 17.8. The van der Waals surface area contributed by atoms with Crippen LogP contribution in [0.1, 0.15) is 66.1 Å². The average molecular weight is 676 g/mol. The quantitative estimate of drug-likeness (QED) is 0.317. The Balaban J connectivity index is 0.000000646. The molecule has 1 aliphatic heterocycles. The molecule has 4 rings (SSSR count). The van der Waals surface area contributed by atoms with Crippen molar-refractivity contribution in [2.45, 2.75) is 56.4 Å². The van der Waals surface area contributed by atoms with Gasteiger partial charge in [0.2, 0.25) is 10.0 Å². The summed E-state index contributed by atoms with van der Waals surface area (Å²) in [4.78, 5) is 23.3. The number of likely N-dealkylation sites (tertiary alicyclic amines) is 1. The van der Waals surface area contributed by atoms with Crippen LogP contribution < -0.4 is 9.46 Å². The second kappa shape index (κ2) is 13.5. The first kappa shape index (κ1) is 34.8. The molecule has 1 heterocycles. The Bertz CT molecular complexity index is 1440. The topological polar surface area (TPSA) is 113 Å². The van der Waals surface area contributed by atoms with Crippen LogP contribution in [0.25, 0.3) is 0 Å². The van der Waals surface area contributed by atoms with Crippen LogP contribution in [-0.2, 0) is 14.8 Å². The highest BCUT2D eigenvalue weighted by atomic mass is 35.5. The molecule has 1 atom stereocenters. The second-order valence-electron chi connectivity index (χ2n) is 10.5. The van der Waals surface area contributed by atoms with Crippen molar-refractivity contribution in [1.29, 1.82) is 0 Å². The third-order valence-electron chi connectivity index (χ3n) is 6.98. The van der Waals surface area contributed by atoms with E-state index in [2.05, 4.69) is 4.90 Å². The number of nitrogens with one attached hydrogen (secondary N) is 1. The largest absolute Gasteiger partial charge is 0.490 e. The lowest BCUT2D eigenvalue weighted by atomic mass is 9.92. The summed E-state index contributed by atoms with van der Waals surface area (Å²) in [6.07, 6.45) is -2.13. The number of carbonyl (C=O) groups excluding carboxylic acids is 1. The van der Waals surface area contributed by atoms with Crippen molar-refractivity contribution >= 4 is 45.1 Å². The van der Waals surface area contributed by atoms with E-state index in [1.165, 1.54) is 6.07 Å². The molecule has 1 saturated heterocycles. The first-order valence-electron chi connectivity index (χ1n) is 13.0. The van der Waals surface area contributed by atoms with Crippen molar-refractivity contribution in [2.24, 2.45) is 0 Å². The van der Waals surface area contributed by atoms with Crippen molar-refractivity contribution in [1.82, 2.24) is 9.62 Å². The molecule has 0 aromatic heterocycles. The van der Waals surface area contributed by atoms with E-state index in [1.807, 2.05) is 19.1 Å². The van der Waals surface area contributed by atoms with Crippen molar-refractivity contribution in [3.05, 3.63) is 62.9 Å². The number of sulfonamides is 1. The lowest BCUT2D eigenvalue weighted by Gasteiger charge is -2.39. The van der Waals surface area contributed by atoms with Gasteiger partial charge in [-0.3, -0.25) is 9.69 Å². The number of carboxylic acids is 1. The van der Waals surface area contributed by atoms with E-state index < -0.39 is 39.6 Å². The SMILES string of the molecule is C[C@H](c1cc(Cl)cc(Cl)c1)N1CCC(F)(COc2cc(F)c(C(=O)NS(C)(=O)=O)cc2C2CC2)CC1.O=C(O)C(F)(F)F. The van der Waals surface area contributed by atoms with Gasteiger partial charge in [-0.25, -0.2) is 26.7 Å². The Morgan fingerprint density at radius 1 is 1.12 bits per heavy atom. The van der Waals surface area contributed by atoms with Crippen LogP contribution >= 0.6 is 23.2 Å². The minimum atomic E-state index is -5.08. The summed E-state index contributed by atoms with van der Waals surface area (Å²) in [6, 6.07) is 7.75. The minimum Gasteiger partial charge on any atom is -0.490 e. The second-order valence-corrected chi connectivity index (χ2v) is 13.1. The third kappa shape index (κ3) is 10.2. The lowest BCUT2D eigenvalue weighted by Crippen LogP contribution is -2.45. The first-order valence-corrected chi connectivity index (χ1v) is 15.6. The molecule has 0 bridgehead atoms. The molecule has 2 aromatic rings. The zero-order valence-electron chi connectivity index (χ0n) is 23.0. The third-order valence-corrected chi connectivity index (χ3v) is 7.97. The molecule has 1 aliphatic carbocycles. The highest BCUT2D eigenvalue weighted by Crippen LogP contribution is 2.45. The number of rotatable bonds is 8. The summed E-state index contributed by atoms with van der Waals surface area (Å²) in [6.45, 7) is 2.78. The fourth-order valence-corrected chi connectivity index (χ4v) is 5.49. The maximum Gasteiger partial charge on any atom is 0.490 e. The molecule has 2 N–H and O–H groups in total. The molecule has 8 nitrogen and oxygen atoms in total. The number of nitrogens with zero attached hydrogens (tertiary/aromatic N) is 1. The van der Waals surface area contributed by atoms with Crippen LogP contribution in [-0.4, -0.2) is 68.1 Å². The van der Waals surface area contributed by atoms with E-state index in [0.717, 1.165) is 30.7 Å². The number of piperidine rings is 1. The molecular weight excluding hydrogens is 646 g/mol. The van der Waals surface area contributed by atoms with E-state index in [1.54, 1.807) is 10.8 Å². The van der Waals surface area contributed by atoms with E-state index in [0.29, 0.717) is 28.7 Å². The monoisotopic (exact) mass is 674 g/mol. The van der Waals surface area contributed by atoms with Gasteiger partial charge in [0.15, 0.2) is 0 Å². The number of amides is 1. The summed E-state index contributed by atoms with van der Waals surface area (Å²) >= 11 is 12.3. The van der Waals surface area contributed by atoms with Crippen molar-refractivity contribution < 1.29 is 49.8 Å². The molecule has 1 amide bonds. The van der Waals surface area contributed by atoms with Gasteiger partial charge in [0.05, 0.1) is 11.8 Å². The molecule has 0 spiro atoms. The van der Waals surface area contributed by atoms with Crippen LogP contribution in [0, 0.1) is 5.82 Å². The Morgan fingerprint density at radius 2 is 1.65 bits per heavy atom. The fraction of sp³-hybridized carbons (Fsp3) is 0.481. The molecule has 238 valence electrons. The van der Waals surface area contributed by atoms with Gasteiger partial charge in [-0.2, -0.15) is 13.2 Å². The van der Waals surface area contributed by atoms with Crippen molar-refractivity contribution in [2.75, 3.05) is 26.0 Å². The molecule has 0 radical (unpaired) electrons. The maximum absolute atomic E-state index is 15.6. The average Bonchev–Trinajstić information content (AvgIpc) is 3.71. The van der Waals surface area contributed by atoms with Gasteiger partial charge < -0.3 is 9.84 Å². The van der Waals surface area contributed by atoms with Gasteiger partial charge >= 0.3 is 12.1 Å². The van der Waals surface area contributed by atoms with Gasteiger partial charge in [-0.1, -0.05) is 23.2 Å². The van der Waals surface area contributed by atoms with E-state index >= 15 is 4.39 Å². The molecule has 1 saturated carbocycles. The van der Waals surface area contributed by atoms with Gasteiger partial charge in [0.1, 0.15) is 23.8 Å². The highest BCUT2D eigenvalue weighted by Gasteiger charge is 2.39. The number of benzene rings is 2. The number of carboxylic acid groups (broad SMARTS) is 1. The van der Waals surface area contributed by atoms with Crippen LogP contribution in [0.4, 0.5) is 22.0 Å². The summed E-state index contributed by atoms with van der Waals surface area (Å²) in [5.41, 5.74) is -0.429. The zero-order valence-corrected chi connectivity index (χ0v) is 25.3. The highest BCUT2D eigenvalue weighted by molar-refractivity contribution is 7.89. The van der Waals surface area contributed by atoms with Crippen LogP contribution in [0.15, 0.2) is 30.3 Å². The van der Waals surface area contributed by atoms with Crippen LogP contribution in [0.3, 0.4) is 0 Å². The Kier molecular flexibility index (Phi) is 11.0. The summed E-state index contributed by atoms with van der Waals surface area (Å²) < 4.78 is 92.4. The fourth-order valence-electron chi connectivity index (χ4n) is 4.50. The predicted molar refractivity (Wildman–Crippen MR) is 149 cm³/mol. The number of carbonyl (C=O) groups is 2. The summed E-state index contributed by atoms with van der Waals surface area (Å²) in [5.74, 6) is -4.48. The molecule has 2 aliphatic rings. The Hall–Kier alpha value is -2.68. The number of hydrogen-bond donors (Lipinski definition) is 2. The van der Waals surface area contributed by atoms with Crippen molar-refractivity contribution in [3.63, 3.8) is 0 Å². The smallest absolute Gasteiger partial charge is 0.490 e. The van der Waals surface area contributed by atoms with Gasteiger partial charge in [-0.15, -0.1) is 0 Å². The van der Waals surface area contributed by atoms with Gasteiger partial charge in [0.25, 0.3) is 5.91 Å². The minimum absolute atomic E-state index is 0.00728.